The van der Waals surface area contributed by atoms with Gasteiger partial charge in [-0.15, -0.1) is 0 Å². The predicted molar refractivity (Wildman–Crippen MR) is 89.9 cm³/mol. The van der Waals surface area contributed by atoms with Crippen LogP contribution in [-0.2, 0) is 6.42 Å². The van der Waals surface area contributed by atoms with Crippen molar-refractivity contribution >= 4 is 39.7 Å². The number of nitrogens with zero attached hydrogens (tertiary/aromatic N) is 1. The normalized spacial score (nSPS) is 14.8. The molecule has 20 heavy (non-hydrogen) atoms. The molecule has 1 heterocycles. The quantitative estimate of drug-likeness (QED) is 0.582. The Hall–Kier alpha value is -1.30. The van der Waals surface area contributed by atoms with E-state index in [-0.39, 0.29) is 5.82 Å². The SMILES string of the molecule is Nc1cc(I)c(F)cc1N1CCCCc2ccccc21. The number of hydrogen-bond donors (Lipinski definition) is 1. The molecule has 2 nitrogen and oxygen atoms in total. The van der Waals surface area contributed by atoms with Crippen LogP contribution in [0.1, 0.15) is 18.4 Å². The third-order valence-corrected chi connectivity index (χ3v) is 4.55. The summed E-state index contributed by atoms with van der Waals surface area (Å²) in [5, 5.41) is 0. The first-order valence-corrected chi connectivity index (χ1v) is 7.84. The summed E-state index contributed by atoms with van der Waals surface area (Å²) < 4.78 is 14.5. The van der Waals surface area contributed by atoms with Crippen molar-refractivity contribution in [2.24, 2.45) is 0 Å². The average Bonchev–Trinajstić information content (AvgIpc) is 2.65. The zero-order chi connectivity index (χ0) is 14.1. The molecule has 0 aromatic heterocycles. The van der Waals surface area contributed by atoms with Crippen molar-refractivity contribution in [3.05, 3.63) is 51.3 Å². The monoisotopic (exact) mass is 382 g/mol. The van der Waals surface area contributed by atoms with Gasteiger partial charge in [0.25, 0.3) is 0 Å². The van der Waals surface area contributed by atoms with Crippen molar-refractivity contribution in [1.82, 2.24) is 0 Å². The van der Waals surface area contributed by atoms with E-state index in [1.807, 2.05) is 28.7 Å². The van der Waals surface area contributed by atoms with Gasteiger partial charge in [0.1, 0.15) is 5.82 Å². The van der Waals surface area contributed by atoms with Crippen LogP contribution in [0.3, 0.4) is 0 Å². The van der Waals surface area contributed by atoms with E-state index in [2.05, 4.69) is 23.1 Å². The number of fused-ring (bicyclic) bond motifs is 1. The first-order chi connectivity index (χ1) is 9.66. The van der Waals surface area contributed by atoms with Crippen molar-refractivity contribution in [2.75, 3.05) is 17.2 Å². The van der Waals surface area contributed by atoms with Crippen molar-refractivity contribution < 1.29 is 4.39 Å². The third-order valence-electron chi connectivity index (χ3n) is 3.72. The van der Waals surface area contributed by atoms with Gasteiger partial charge >= 0.3 is 0 Å². The van der Waals surface area contributed by atoms with Gasteiger partial charge in [-0.05, 0) is 59.5 Å². The Labute approximate surface area is 131 Å². The molecule has 1 aliphatic rings. The van der Waals surface area contributed by atoms with Crippen LogP contribution in [-0.4, -0.2) is 6.54 Å². The summed E-state index contributed by atoms with van der Waals surface area (Å²) in [4.78, 5) is 2.15. The molecule has 0 bridgehead atoms. The van der Waals surface area contributed by atoms with E-state index in [1.165, 1.54) is 5.56 Å². The van der Waals surface area contributed by atoms with E-state index in [0.29, 0.717) is 9.26 Å². The van der Waals surface area contributed by atoms with Crippen LogP contribution in [0.25, 0.3) is 0 Å². The summed E-state index contributed by atoms with van der Waals surface area (Å²) in [7, 11) is 0. The number of para-hydroxylation sites is 1. The summed E-state index contributed by atoms with van der Waals surface area (Å²) in [6.07, 6.45) is 3.31. The fourth-order valence-corrected chi connectivity index (χ4v) is 3.22. The molecule has 3 rings (SSSR count). The molecular weight excluding hydrogens is 366 g/mol. The Morgan fingerprint density at radius 3 is 2.75 bits per heavy atom. The molecule has 2 N–H and O–H groups in total. The highest BCUT2D eigenvalue weighted by atomic mass is 127. The Kier molecular flexibility index (Phi) is 3.83. The zero-order valence-electron chi connectivity index (χ0n) is 11.1. The number of rotatable bonds is 1. The number of benzene rings is 2. The molecule has 0 saturated carbocycles. The van der Waals surface area contributed by atoms with E-state index >= 15 is 0 Å². The van der Waals surface area contributed by atoms with Gasteiger partial charge in [-0.1, -0.05) is 18.2 Å². The van der Waals surface area contributed by atoms with E-state index in [4.69, 9.17) is 5.73 Å². The van der Waals surface area contributed by atoms with E-state index in [0.717, 1.165) is 37.2 Å². The second-order valence-electron chi connectivity index (χ2n) is 5.06. The molecule has 1 aliphatic heterocycles. The van der Waals surface area contributed by atoms with Gasteiger partial charge in [0.05, 0.1) is 14.9 Å². The maximum atomic E-state index is 13.9. The van der Waals surface area contributed by atoms with Gasteiger partial charge in [0.2, 0.25) is 0 Å². The number of aryl methyl sites for hydroxylation is 1. The fourth-order valence-electron chi connectivity index (χ4n) is 2.73. The second-order valence-corrected chi connectivity index (χ2v) is 6.22. The molecule has 104 valence electrons. The van der Waals surface area contributed by atoms with Crippen LogP contribution in [0, 0.1) is 9.39 Å². The summed E-state index contributed by atoms with van der Waals surface area (Å²) in [5.74, 6) is -0.212. The summed E-state index contributed by atoms with van der Waals surface area (Å²) >= 11 is 1.97. The lowest BCUT2D eigenvalue weighted by Gasteiger charge is -2.26. The molecule has 0 amide bonds. The molecule has 2 aromatic rings. The van der Waals surface area contributed by atoms with Crippen LogP contribution in [0.5, 0.6) is 0 Å². The molecule has 0 aliphatic carbocycles. The largest absolute Gasteiger partial charge is 0.397 e. The Morgan fingerprint density at radius 2 is 1.90 bits per heavy atom. The topological polar surface area (TPSA) is 29.3 Å². The van der Waals surface area contributed by atoms with Gasteiger partial charge in [0.15, 0.2) is 0 Å². The highest BCUT2D eigenvalue weighted by Gasteiger charge is 2.19. The molecule has 2 aromatic carbocycles. The van der Waals surface area contributed by atoms with Crippen LogP contribution in [0.15, 0.2) is 36.4 Å². The van der Waals surface area contributed by atoms with E-state index < -0.39 is 0 Å². The van der Waals surface area contributed by atoms with Gasteiger partial charge < -0.3 is 10.6 Å². The molecule has 0 atom stereocenters. The predicted octanol–water partition coefficient (Wildman–Crippen LogP) is 4.49. The lowest BCUT2D eigenvalue weighted by atomic mass is 10.1. The molecule has 0 fully saturated rings. The van der Waals surface area contributed by atoms with Crippen molar-refractivity contribution in [3.63, 3.8) is 0 Å². The van der Waals surface area contributed by atoms with Crippen LogP contribution < -0.4 is 10.6 Å². The Balaban J connectivity index is 2.12. The number of hydrogen-bond acceptors (Lipinski definition) is 2. The van der Waals surface area contributed by atoms with Gasteiger partial charge in [-0.2, -0.15) is 0 Å². The number of anilines is 3. The maximum Gasteiger partial charge on any atom is 0.138 e. The first-order valence-electron chi connectivity index (χ1n) is 6.77. The molecular formula is C16H16FIN2. The minimum atomic E-state index is -0.212. The Morgan fingerprint density at radius 1 is 1.10 bits per heavy atom. The van der Waals surface area contributed by atoms with Gasteiger partial charge in [-0.3, -0.25) is 0 Å². The van der Waals surface area contributed by atoms with Crippen molar-refractivity contribution in [2.45, 2.75) is 19.3 Å². The van der Waals surface area contributed by atoms with Gasteiger partial charge in [0, 0.05) is 18.3 Å². The highest BCUT2D eigenvalue weighted by Crippen LogP contribution is 2.36. The summed E-state index contributed by atoms with van der Waals surface area (Å²) in [6.45, 7) is 0.876. The fraction of sp³-hybridized carbons (Fsp3) is 0.250. The lowest BCUT2D eigenvalue weighted by Crippen LogP contribution is -2.19. The van der Waals surface area contributed by atoms with Crippen molar-refractivity contribution in [1.29, 1.82) is 0 Å². The smallest absolute Gasteiger partial charge is 0.138 e. The van der Waals surface area contributed by atoms with Crippen LogP contribution in [0.4, 0.5) is 21.5 Å². The zero-order valence-corrected chi connectivity index (χ0v) is 13.2. The lowest BCUT2D eigenvalue weighted by molar-refractivity contribution is 0.620. The average molecular weight is 382 g/mol. The molecule has 0 spiro atoms. The highest BCUT2D eigenvalue weighted by molar-refractivity contribution is 14.1. The number of halogens is 2. The third kappa shape index (κ3) is 2.49. The minimum absolute atomic E-state index is 0.212. The van der Waals surface area contributed by atoms with Gasteiger partial charge in [-0.25, -0.2) is 4.39 Å². The van der Waals surface area contributed by atoms with E-state index in [9.17, 15) is 4.39 Å². The summed E-state index contributed by atoms with van der Waals surface area (Å²) in [6, 6.07) is 11.6. The minimum Gasteiger partial charge on any atom is -0.397 e. The van der Waals surface area contributed by atoms with Crippen LogP contribution in [0.2, 0.25) is 0 Å². The number of nitrogen functional groups attached to an aromatic ring is 1. The second kappa shape index (κ2) is 5.60. The molecule has 0 unspecified atom stereocenters. The van der Waals surface area contributed by atoms with Crippen molar-refractivity contribution in [3.8, 4) is 0 Å². The van der Waals surface area contributed by atoms with Crippen LogP contribution >= 0.6 is 22.6 Å². The maximum absolute atomic E-state index is 13.9. The standard InChI is InChI=1S/C16H16FIN2/c17-12-9-16(14(19)10-13(12)18)20-8-4-3-6-11-5-1-2-7-15(11)20/h1-2,5,7,9-10H,3-4,6,8,19H2. The number of nitrogens with two attached hydrogens (primary N) is 1. The Bertz CT molecular complexity index is 642. The molecule has 4 heteroatoms. The first kappa shape index (κ1) is 13.7. The summed E-state index contributed by atoms with van der Waals surface area (Å²) in [5.41, 5.74) is 9.98. The van der Waals surface area contributed by atoms with E-state index in [1.54, 1.807) is 12.1 Å². The molecule has 0 saturated heterocycles. The molecule has 0 radical (unpaired) electrons.